The van der Waals surface area contributed by atoms with Gasteiger partial charge in [-0.3, -0.25) is 0 Å². The average molecular weight is 815 g/mol. The summed E-state index contributed by atoms with van der Waals surface area (Å²) in [5.74, 6) is 0. The zero-order valence-corrected chi connectivity index (χ0v) is 36.8. The molecular weight excluding hydrogens is 768 g/mol. The second-order valence-corrected chi connectivity index (χ2v) is 20.6. The molecule has 9 aromatic rings. The van der Waals surface area contributed by atoms with Crippen molar-refractivity contribution >= 4 is 77.7 Å². The lowest BCUT2D eigenvalue weighted by atomic mass is 9.44. The van der Waals surface area contributed by atoms with Crippen molar-refractivity contribution < 1.29 is 0 Å². The third-order valence-electron chi connectivity index (χ3n) is 15.2. The van der Waals surface area contributed by atoms with Crippen molar-refractivity contribution in [1.29, 1.82) is 0 Å². The fourth-order valence-corrected chi connectivity index (χ4v) is 13.6. The third-order valence-corrected chi connectivity index (χ3v) is 16.5. The van der Waals surface area contributed by atoms with E-state index in [4.69, 9.17) is 0 Å². The van der Waals surface area contributed by atoms with Gasteiger partial charge in [0, 0.05) is 43.2 Å². The summed E-state index contributed by atoms with van der Waals surface area (Å²) in [6.07, 6.45) is 2.37. The normalized spacial score (nSPS) is 17.0. The summed E-state index contributed by atoms with van der Waals surface area (Å²) < 4.78 is 2.72. The molecule has 8 aromatic carbocycles. The molecule has 62 heavy (non-hydrogen) atoms. The van der Waals surface area contributed by atoms with Gasteiger partial charge in [-0.15, -0.1) is 11.3 Å². The molecule has 0 saturated heterocycles. The molecule has 2 nitrogen and oxygen atoms in total. The number of hydrogen-bond donors (Lipinski definition) is 0. The summed E-state index contributed by atoms with van der Waals surface area (Å²) in [7, 11) is 0. The van der Waals surface area contributed by atoms with Crippen LogP contribution in [0.15, 0.2) is 170 Å². The minimum absolute atomic E-state index is 0.0547. The van der Waals surface area contributed by atoms with Crippen LogP contribution in [0.25, 0.3) is 32.0 Å². The van der Waals surface area contributed by atoms with E-state index in [0.717, 1.165) is 0 Å². The van der Waals surface area contributed by atoms with E-state index in [1.165, 1.54) is 122 Å². The lowest BCUT2D eigenvalue weighted by Gasteiger charge is -2.52. The van der Waals surface area contributed by atoms with E-state index in [-0.39, 0.29) is 17.7 Å². The molecule has 0 N–H and O–H groups in total. The summed E-state index contributed by atoms with van der Waals surface area (Å²) in [5.41, 5.74) is 19.7. The van der Waals surface area contributed by atoms with Crippen molar-refractivity contribution in [2.45, 2.75) is 63.7 Å². The Hall–Kier alpha value is -6.36. The Bertz CT molecular complexity index is 3300. The second kappa shape index (κ2) is 12.6. The molecule has 1 aromatic heterocycles. The second-order valence-electron chi connectivity index (χ2n) is 19.5. The minimum Gasteiger partial charge on any atom is -0.375 e. The minimum atomic E-state index is -0.545. The Morgan fingerprint density at radius 3 is 1.87 bits per heavy atom. The smallest absolute Gasteiger partial charge is 0.343 e. The number of para-hydroxylation sites is 2. The van der Waals surface area contributed by atoms with Crippen molar-refractivity contribution in [2.75, 3.05) is 9.71 Å². The first-order valence-corrected chi connectivity index (χ1v) is 23.2. The van der Waals surface area contributed by atoms with Crippen LogP contribution >= 0.6 is 11.3 Å². The molecule has 3 aliphatic heterocycles. The molecule has 0 fully saturated rings. The van der Waals surface area contributed by atoms with Crippen LogP contribution in [0.3, 0.4) is 0 Å². The Kier molecular flexibility index (Phi) is 7.39. The maximum absolute atomic E-state index is 2.77. The highest BCUT2D eigenvalue weighted by Crippen LogP contribution is 2.61. The van der Waals surface area contributed by atoms with Crippen LogP contribution in [0.1, 0.15) is 79.5 Å². The molecule has 0 atom stereocenters. The molecular formula is C58H47BN2S. The number of aryl methyl sites for hydroxylation is 1. The number of anilines is 5. The van der Waals surface area contributed by atoms with Gasteiger partial charge in [-0.05, 0) is 116 Å². The van der Waals surface area contributed by atoms with E-state index in [0.29, 0.717) is 0 Å². The average Bonchev–Trinajstić information content (AvgIpc) is 3.69. The van der Waals surface area contributed by atoms with Crippen LogP contribution < -0.4 is 20.0 Å². The van der Waals surface area contributed by atoms with Crippen molar-refractivity contribution in [1.82, 2.24) is 0 Å². The standard InChI is InChI=1S/C58H47BN2S/c1-36-33-45-46(57(4,5)32-31-56(45,2)3)35-48(36)60-49-34-37-19-12-13-24-40(37)51-42-26-18-28-44-53(42)61(59(52(49)51)55-54(60)41-25-14-17-30-50(41)62-55)47-29-16-15-27-43(47)58(44,38-20-8-6-9-21-38)39-22-10-7-11-23-39/h6-30,33-35H,31-32H2,1-5H3. The maximum Gasteiger partial charge on any atom is 0.343 e. The van der Waals surface area contributed by atoms with Gasteiger partial charge in [0.25, 0.3) is 0 Å². The lowest BCUT2D eigenvalue weighted by molar-refractivity contribution is 0.332. The van der Waals surface area contributed by atoms with Gasteiger partial charge in [0.2, 0.25) is 0 Å². The Labute approximate surface area is 369 Å². The van der Waals surface area contributed by atoms with Crippen LogP contribution in [0, 0.1) is 6.92 Å². The molecule has 0 bridgehead atoms. The van der Waals surface area contributed by atoms with E-state index in [1.54, 1.807) is 0 Å². The third kappa shape index (κ3) is 4.61. The number of rotatable bonds is 3. The summed E-state index contributed by atoms with van der Waals surface area (Å²) in [4.78, 5) is 5.47. The van der Waals surface area contributed by atoms with Crippen LogP contribution in [0.5, 0.6) is 0 Å². The highest BCUT2D eigenvalue weighted by molar-refractivity contribution is 7.32. The fraction of sp³-hybridized carbons (Fsp3) is 0.172. The molecule has 298 valence electrons. The molecule has 13 rings (SSSR count). The van der Waals surface area contributed by atoms with E-state index >= 15 is 0 Å². The summed E-state index contributed by atoms with van der Waals surface area (Å²) >= 11 is 1.98. The van der Waals surface area contributed by atoms with Crippen LogP contribution in [0.2, 0.25) is 0 Å². The quantitative estimate of drug-likeness (QED) is 0.164. The Balaban J connectivity index is 1.21. The highest BCUT2D eigenvalue weighted by Gasteiger charge is 2.54. The topological polar surface area (TPSA) is 6.48 Å². The molecule has 0 unspecified atom stereocenters. The molecule has 0 amide bonds. The van der Waals surface area contributed by atoms with Gasteiger partial charge in [-0.2, -0.15) is 0 Å². The predicted octanol–water partition coefficient (Wildman–Crippen LogP) is 14.1. The van der Waals surface area contributed by atoms with Crippen LogP contribution in [-0.4, -0.2) is 6.85 Å². The van der Waals surface area contributed by atoms with Crippen LogP contribution in [-0.2, 0) is 16.2 Å². The van der Waals surface area contributed by atoms with Crippen LogP contribution in [0.4, 0.5) is 28.4 Å². The van der Waals surface area contributed by atoms with Gasteiger partial charge < -0.3 is 9.71 Å². The predicted molar refractivity (Wildman–Crippen MR) is 265 cm³/mol. The number of benzene rings is 8. The number of thiophene rings is 1. The zero-order valence-electron chi connectivity index (χ0n) is 36.0. The van der Waals surface area contributed by atoms with Gasteiger partial charge in [-0.1, -0.05) is 173 Å². The number of fused-ring (bicyclic) bond motifs is 11. The first-order chi connectivity index (χ1) is 30.2. The lowest BCUT2D eigenvalue weighted by Crippen LogP contribution is -2.62. The molecule has 4 heteroatoms. The monoisotopic (exact) mass is 814 g/mol. The molecule has 0 spiro atoms. The van der Waals surface area contributed by atoms with Crippen molar-refractivity contribution in [3.05, 3.63) is 209 Å². The van der Waals surface area contributed by atoms with E-state index in [2.05, 4.69) is 214 Å². The largest absolute Gasteiger partial charge is 0.375 e. The SMILES string of the molecule is Cc1cc2c(cc1N1c3cc4ccccc4c4c3B(c3sc5ccccc5c31)N1c3ccccc3C(c3ccccc3)(c3ccccc3)c3cccc-4c31)C(C)(C)CCC2(C)C. The summed E-state index contributed by atoms with van der Waals surface area (Å²) in [6.45, 7) is 12.1. The van der Waals surface area contributed by atoms with Gasteiger partial charge >= 0.3 is 6.85 Å². The Morgan fingerprint density at radius 1 is 0.516 bits per heavy atom. The molecule has 0 saturated carbocycles. The maximum atomic E-state index is 2.77. The summed E-state index contributed by atoms with van der Waals surface area (Å²) in [5, 5.41) is 3.89. The fourth-order valence-electron chi connectivity index (χ4n) is 12.3. The molecule has 4 heterocycles. The van der Waals surface area contributed by atoms with E-state index in [1.807, 2.05) is 11.3 Å². The van der Waals surface area contributed by atoms with Crippen molar-refractivity contribution in [3.63, 3.8) is 0 Å². The van der Waals surface area contributed by atoms with Crippen molar-refractivity contribution in [3.8, 4) is 11.1 Å². The molecule has 4 aliphatic rings. The van der Waals surface area contributed by atoms with Crippen molar-refractivity contribution in [2.24, 2.45) is 0 Å². The Morgan fingerprint density at radius 2 is 1.13 bits per heavy atom. The molecule has 1 aliphatic carbocycles. The first kappa shape index (κ1) is 36.3. The van der Waals surface area contributed by atoms with Gasteiger partial charge in [0.15, 0.2) is 0 Å². The highest BCUT2D eigenvalue weighted by atomic mass is 32.1. The molecule has 0 radical (unpaired) electrons. The van der Waals surface area contributed by atoms with Gasteiger partial charge in [-0.25, -0.2) is 0 Å². The first-order valence-electron chi connectivity index (χ1n) is 22.3. The summed E-state index contributed by atoms with van der Waals surface area (Å²) in [6, 6.07) is 65.0. The van der Waals surface area contributed by atoms with E-state index in [9.17, 15) is 0 Å². The van der Waals surface area contributed by atoms with E-state index < -0.39 is 5.41 Å². The zero-order chi connectivity index (χ0) is 41.7. The number of hydrogen-bond acceptors (Lipinski definition) is 3. The van der Waals surface area contributed by atoms with Gasteiger partial charge in [0.1, 0.15) is 0 Å². The number of nitrogens with zero attached hydrogens (tertiary/aromatic N) is 2. The van der Waals surface area contributed by atoms with Gasteiger partial charge in [0.05, 0.1) is 11.1 Å².